The first-order valence-electron chi connectivity index (χ1n) is 7.58. The zero-order chi connectivity index (χ0) is 16.4. The molecule has 0 aliphatic rings. The Hall–Kier alpha value is -2.75. The number of aromatic nitrogens is 2. The van der Waals surface area contributed by atoms with E-state index in [2.05, 4.69) is 9.97 Å². The highest BCUT2D eigenvalue weighted by molar-refractivity contribution is 5.98. The minimum absolute atomic E-state index is 0.0648. The predicted octanol–water partition coefficient (Wildman–Crippen LogP) is 3.43. The van der Waals surface area contributed by atoms with E-state index in [0.29, 0.717) is 18.4 Å². The van der Waals surface area contributed by atoms with Crippen LogP contribution in [0.1, 0.15) is 34.2 Å². The number of H-pyrrole nitrogens is 1. The monoisotopic (exact) mass is 306 g/mol. The fraction of sp³-hybridized carbons (Fsp3) is 0.211. The number of hydrogen-bond donors (Lipinski definition) is 1. The highest BCUT2D eigenvalue weighted by atomic mass is 16.1. The van der Waals surface area contributed by atoms with Crippen LogP contribution in [0.2, 0.25) is 0 Å². The number of rotatable bonds is 5. The number of hydrogen-bond acceptors (Lipinski definition) is 3. The normalized spacial score (nSPS) is 10.9. The standard InChI is InChI=1S/C19H18N2O2/c1-12(22)9-14-3-6-16(7-4-14)19(23)11-15-5-8-17-18(10-15)21-13(2)20-17/h3-8,10H,9,11H2,1-2H3,(H,20,21). The second-order valence-corrected chi connectivity index (χ2v) is 5.85. The van der Waals surface area contributed by atoms with Crippen LogP contribution in [-0.2, 0) is 17.6 Å². The molecule has 0 bridgehead atoms. The van der Waals surface area contributed by atoms with Crippen molar-refractivity contribution in [3.63, 3.8) is 0 Å². The largest absolute Gasteiger partial charge is 0.342 e. The van der Waals surface area contributed by atoms with Crippen molar-refractivity contribution in [2.24, 2.45) is 0 Å². The molecule has 0 amide bonds. The van der Waals surface area contributed by atoms with Gasteiger partial charge in [0.05, 0.1) is 11.0 Å². The molecule has 0 saturated carbocycles. The fourth-order valence-corrected chi connectivity index (χ4v) is 2.68. The highest BCUT2D eigenvalue weighted by Gasteiger charge is 2.09. The minimum atomic E-state index is 0.0648. The zero-order valence-corrected chi connectivity index (χ0v) is 13.2. The molecule has 0 saturated heterocycles. The van der Waals surface area contributed by atoms with E-state index >= 15 is 0 Å². The van der Waals surface area contributed by atoms with Crippen LogP contribution in [0.25, 0.3) is 11.0 Å². The van der Waals surface area contributed by atoms with Gasteiger partial charge in [0.2, 0.25) is 0 Å². The molecule has 0 spiro atoms. The number of aromatic amines is 1. The molecule has 0 aliphatic carbocycles. The number of carbonyl (C=O) groups excluding carboxylic acids is 2. The lowest BCUT2D eigenvalue weighted by Gasteiger charge is -2.04. The molecule has 4 heteroatoms. The molecule has 0 unspecified atom stereocenters. The molecule has 0 fully saturated rings. The molecule has 3 rings (SSSR count). The van der Waals surface area contributed by atoms with Crippen molar-refractivity contribution < 1.29 is 9.59 Å². The number of carbonyl (C=O) groups is 2. The number of nitrogens with one attached hydrogen (secondary N) is 1. The van der Waals surface area contributed by atoms with E-state index in [1.54, 1.807) is 19.1 Å². The fourth-order valence-electron chi connectivity index (χ4n) is 2.68. The van der Waals surface area contributed by atoms with Crippen molar-refractivity contribution in [3.05, 3.63) is 65.0 Å². The van der Waals surface area contributed by atoms with E-state index < -0.39 is 0 Å². The summed E-state index contributed by atoms with van der Waals surface area (Å²) in [4.78, 5) is 31.0. The lowest BCUT2D eigenvalue weighted by molar-refractivity contribution is -0.116. The van der Waals surface area contributed by atoms with Crippen molar-refractivity contribution in [3.8, 4) is 0 Å². The maximum atomic E-state index is 12.4. The number of benzene rings is 2. The van der Waals surface area contributed by atoms with Gasteiger partial charge in [0.1, 0.15) is 11.6 Å². The van der Waals surface area contributed by atoms with Gasteiger partial charge in [0, 0.05) is 18.4 Å². The molecule has 3 aromatic rings. The van der Waals surface area contributed by atoms with Crippen LogP contribution >= 0.6 is 0 Å². The van der Waals surface area contributed by atoms with Gasteiger partial charge in [0.15, 0.2) is 5.78 Å². The van der Waals surface area contributed by atoms with Gasteiger partial charge < -0.3 is 4.98 Å². The van der Waals surface area contributed by atoms with Gasteiger partial charge in [-0.15, -0.1) is 0 Å². The van der Waals surface area contributed by atoms with Crippen molar-refractivity contribution in [1.29, 1.82) is 0 Å². The molecular weight excluding hydrogens is 288 g/mol. The third kappa shape index (κ3) is 3.54. The Morgan fingerprint density at radius 3 is 2.39 bits per heavy atom. The van der Waals surface area contributed by atoms with E-state index in [4.69, 9.17) is 0 Å². The van der Waals surface area contributed by atoms with Gasteiger partial charge in [-0.1, -0.05) is 30.3 Å². The smallest absolute Gasteiger partial charge is 0.167 e. The Bertz CT molecular complexity index is 876. The van der Waals surface area contributed by atoms with Gasteiger partial charge >= 0.3 is 0 Å². The van der Waals surface area contributed by atoms with Crippen LogP contribution in [0.5, 0.6) is 0 Å². The van der Waals surface area contributed by atoms with E-state index in [9.17, 15) is 9.59 Å². The summed E-state index contributed by atoms with van der Waals surface area (Å²) in [6, 6.07) is 13.1. The molecule has 23 heavy (non-hydrogen) atoms. The molecule has 1 aromatic heterocycles. The predicted molar refractivity (Wildman–Crippen MR) is 89.7 cm³/mol. The Morgan fingerprint density at radius 2 is 1.70 bits per heavy atom. The number of nitrogens with zero attached hydrogens (tertiary/aromatic N) is 1. The Balaban J connectivity index is 1.75. The van der Waals surface area contributed by atoms with Crippen LogP contribution in [0.3, 0.4) is 0 Å². The van der Waals surface area contributed by atoms with E-state index in [1.165, 1.54) is 0 Å². The second-order valence-electron chi connectivity index (χ2n) is 5.85. The van der Waals surface area contributed by atoms with Crippen molar-refractivity contribution in [2.45, 2.75) is 26.7 Å². The van der Waals surface area contributed by atoms with Gasteiger partial charge in [-0.2, -0.15) is 0 Å². The van der Waals surface area contributed by atoms with Gasteiger partial charge in [-0.3, -0.25) is 9.59 Å². The molecule has 0 atom stereocenters. The SMILES string of the molecule is CC(=O)Cc1ccc(C(=O)Cc2ccc3nc(C)[nH]c3c2)cc1. The third-order valence-electron chi connectivity index (χ3n) is 3.76. The summed E-state index contributed by atoms with van der Waals surface area (Å²) in [6.45, 7) is 3.47. The maximum absolute atomic E-state index is 12.4. The first-order chi connectivity index (χ1) is 11.0. The van der Waals surface area contributed by atoms with Crippen LogP contribution in [-0.4, -0.2) is 21.5 Å². The molecule has 0 radical (unpaired) electrons. The van der Waals surface area contributed by atoms with Crippen LogP contribution < -0.4 is 0 Å². The average Bonchev–Trinajstić information content (AvgIpc) is 2.86. The lowest BCUT2D eigenvalue weighted by atomic mass is 10.0. The summed E-state index contributed by atoms with van der Waals surface area (Å²) < 4.78 is 0. The van der Waals surface area contributed by atoms with Crippen LogP contribution in [0, 0.1) is 6.92 Å². The van der Waals surface area contributed by atoms with Crippen LogP contribution in [0.4, 0.5) is 0 Å². The van der Waals surface area contributed by atoms with E-state index in [1.807, 2.05) is 37.3 Å². The Labute approximate surface area is 134 Å². The summed E-state index contributed by atoms with van der Waals surface area (Å²) in [5, 5.41) is 0. The third-order valence-corrected chi connectivity index (χ3v) is 3.76. The molecule has 1 N–H and O–H groups in total. The molecule has 0 aliphatic heterocycles. The number of imidazole rings is 1. The molecule has 4 nitrogen and oxygen atoms in total. The lowest BCUT2D eigenvalue weighted by Crippen LogP contribution is -2.04. The molecule has 1 heterocycles. The summed E-state index contributed by atoms with van der Waals surface area (Å²) in [7, 11) is 0. The van der Waals surface area contributed by atoms with Gasteiger partial charge in [0.25, 0.3) is 0 Å². The minimum Gasteiger partial charge on any atom is -0.342 e. The quantitative estimate of drug-likeness (QED) is 0.735. The topological polar surface area (TPSA) is 62.8 Å². The number of aryl methyl sites for hydroxylation is 1. The summed E-state index contributed by atoms with van der Waals surface area (Å²) in [5.41, 5.74) is 4.41. The zero-order valence-electron chi connectivity index (χ0n) is 13.2. The van der Waals surface area contributed by atoms with Gasteiger partial charge in [-0.05, 0) is 37.1 Å². The van der Waals surface area contributed by atoms with Crippen molar-refractivity contribution >= 4 is 22.6 Å². The summed E-state index contributed by atoms with van der Waals surface area (Å²) in [6.07, 6.45) is 0.754. The molecular formula is C19H18N2O2. The van der Waals surface area contributed by atoms with Crippen molar-refractivity contribution in [2.75, 3.05) is 0 Å². The van der Waals surface area contributed by atoms with Gasteiger partial charge in [-0.25, -0.2) is 4.98 Å². The Kier molecular flexibility index (Phi) is 4.06. The molecule has 2 aromatic carbocycles. The maximum Gasteiger partial charge on any atom is 0.167 e. The average molecular weight is 306 g/mol. The molecule has 116 valence electrons. The first kappa shape index (κ1) is 15.2. The second kappa shape index (κ2) is 6.16. The first-order valence-corrected chi connectivity index (χ1v) is 7.58. The van der Waals surface area contributed by atoms with E-state index in [0.717, 1.165) is 28.0 Å². The van der Waals surface area contributed by atoms with E-state index in [-0.39, 0.29) is 11.6 Å². The number of ketones is 2. The van der Waals surface area contributed by atoms with Crippen LogP contribution in [0.15, 0.2) is 42.5 Å². The highest BCUT2D eigenvalue weighted by Crippen LogP contribution is 2.16. The van der Waals surface area contributed by atoms with Crippen molar-refractivity contribution in [1.82, 2.24) is 9.97 Å². The number of fused-ring (bicyclic) bond motifs is 1. The Morgan fingerprint density at radius 1 is 1.00 bits per heavy atom. The summed E-state index contributed by atoms with van der Waals surface area (Å²) in [5.74, 6) is 1.05. The number of Topliss-reactive ketones (excluding diaryl/α,β-unsaturated/α-hetero) is 2. The summed E-state index contributed by atoms with van der Waals surface area (Å²) >= 11 is 0.